The highest BCUT2D eigenvalue weighted by Crippen LogP contribution is 2.50. The molecule has 4 nitrogen and oxygen atoms in total. The predicted molar refractivity (Wildman–Crippen MR) is 58.3 cm³/mol. The smallest absolute Gasteiger partial charge is 0.312 e. The van der Waals surface area contributed by atoms with Crippen LogP contribution in [0.4, 0.5) is 0 Å². The topological polar surface area (TPSA) is 55.8 Å². The van der Waals surface area contributed by atoms with Gasteiger partial charge in [-0.3, -0.25) is 4.79 Å². The zero-order valence-corrected chi connectivity index (χ0v) is 9.78. The van der Waals surface area contributed by atoms with Gasteiger partial charge in [0.25, 0.3) is 0 Å². The first-order chi connectivity index (χ1) is 7.70. The van der Waals surface area contributed by atoms with Crippen molar-refractivity contribution in [3.8, 4) is 0 Å². The van der Waals surface area contributed by atoms with E-state index in [1.54, 1.807) is 7.11 Å². The van der Waals surface area contributed by atoms with Crippen molar-refractivity contribution in [3.63, 3.8) is 0 Å². The molecule has 0 aromatic rings. The maximum Gasteiger partial charge on any atom is 0.312 e. The molecule has 16 heavy (non-hydrogen) atoms. The van der Waals surface area contributed by atoms with E-state index in [0.29, 0.717) is 32.0 Å². The number of aliphatic carboxylic acids is 1. The van der Waals surface area contributed by atoms with Gasteiger partial charge in [0.15, 0.2) is 0 Å². The molecule has 2 rings (SSSR count). The lowest BCUT2D eigenvalue weighted by Gasteiger charge is -2.29. The third-order valence-corrected chi connectivity index (χ3v) is 3.84. The molecule has 2 fully saturated rings. The number of hydrogen-bond acceptors (Lipinski definition) is 3. The van der Waals surface area contributed by atoms with Crippen LogP contribution in [-0.4, -0.2) is 37.5 Å². The highest BCUT2D eigenvalue weighted by Gasteiger charge is 2.55. The Hall–Kier alpha value is -0.610. The first-order valence-electron chi connectivity index (χ1n) is 6.04. The lowest BCUT2D eigenvalue weighted by Crippen LogP contribution is -2.40. The van der Waals surface area contributed by atoms with Gasteiger partial charge in [0.05, 0.1) is 11.5 Å². The quantitative estimate of drug-likeness (QED) is 0.703. The zero-order chi connectivity index (χ0) is 11.6. The van der Waals surface area contributed by atoms with Gasteiger partial charge >= 0.3 is 5.97 Å². The second kappa shape index (κ2) is 4.72. The molecule has 1 aliphatic heterocycles. The van der Waals surface area contributed by atoms with Gasteiger partial charge in [0.1, 0.15) is 0 Å². The average molecular weight is 228 g/mol. The van der Waals surface area contributed by atoms with Gasteiger partial charge in [-0.1, -0.05) is 0 Å². The molecule has 1 N–H and O–H groups in total. The lowest BCUT2D eigenvalue weighted by atomic mass is 9.75. The monoisotopic (exact) mass is 228 g/mol. The minimum absolute atomic E-state index is 0.0538. The number of methoxy groups -OCH3 is 1. The number of carboxylic acid groups (broad SMARTS) is 1. The Morgan fingerprint density at radius 2 is 2.31 bits per heavy atom. The molecule has 0 aromatic carbocycles. The summed E-state index contributed by atoms with van der Waals surface area (Å²) in [6.45, 7) is 1.23. The molecule has 2 unspecified atom stereocenters. The molecule has 0 aromatic heterocycles. The molecule has 1 aliphatic carbocycles. The molecule has 1 saturated heterocycles. The van der Waals surface area contributed by atoms with Crippen LogP contribution in [0.1, 0.15) is 32.1 Å². The SMILES string of the molecule is COCCCC1(C(=O)O)CCOC1C1CC1. The highest BCUT2D eigenvalue weighted by atomic mass is 16.5. The van der Waals surface area contributed by atoms with Crippen LogP contribution >= 0.6 is 0 Å². The van der Waals surface area contributed by atoms with Crippen LogP contribution in [0.5, 0.6) is 0 Å². The number of carboxylic acids is 1. The van der Waals surface area contributed by atoms with Crippen LogP contribution in [0.2, 0.25) is 0 Å². The van der Waals surface area contributed by atoms with Gasteiger partial charge in [-0.2, -0.15) is 0 Å². The molecule has 92 valence electrons. The average Bonchev–Trinajstić information content (AvgIpc) is 3.00. The normalized spacial score (nSPS) is 34.2. The van der Waals surface area contributed by atoms with E-state index in [1.165, 1.54) is 0 Å². The van der Waals surface area contributed by atoms with E-state index >= 15 is 0 Å². The summed E-state index contributed by atoms with van der Waals surface area (Å²) < 4.78 is 10.7. The van der Waals surface area contributed by atoms with Crippen LogP contribution in [0.3, 0.4) is 0 Å². The van der Waals surface area contributed by atoms with E-state index in [4.69, 9.17) is 9.47 Å². The zero-order valence-electron chi connectivity index (χ0n) is 9.78. The first-order valence-corrected chi connectivity index (χ1v) is 6.04. The Morgan fingerprint density at radius 1 is 1.56 bits per heavy atom. The summed E-state index contributed by atoms with van der Waals surface area (Å²) in [4.78, 5) is 11.5. The molecule has 0 amide bonds. The fraction of sp³-hybridized carbons (Fsp3) is 0.917. The largest absolute Gasteiger partial charge is 0.481 e. The molecule has 0 bridgehead atoms. The van der Waals surface area contributed by atoms with Crippen LogP contribution < -0.4 is 0 Å². The summed E-state index contributed by atoms with van der Waals surface area (Å²) in [5.74, 6) is -0.195. The van der Waals surface area contributed by atoms with Crippen molar-refractivity contribution in [1.29, 1.82) is 0 Å². The number of carbonyl (C=O) groups is 1. The summed E-state index contributed by atoms with van der Waals surface area (Å²) in [5.41, 5.74) is -0.639. The van der Waals surface area contributed by atoms with Crippen molar-refractivity contribution in [3.05, 3.63) is 0 Å². The second-order valence-electron chi connectivity index (χ2n) is 4.94. The third kappa shape index (κ3) is 2.09. The summed E-state index contributed by atoms with van der Waals surface area (Å²) in [6, 6.07) is 0. The molecule has 0 radical (unpaired) electrons. The Kier molecular flexibility index (Phi) is 3.50. The van der Waals surface area contributed by atoms with Crippen LogP contribution in [0, 0.1) is 11.3 Å². The van der Waals surface area contributed by atoms with Crippen molar-refractivity contribution < 1.29 is 19.4 Å². The van der Waals surface area contributed by atoms with Gasteiger partial charge in [-0.15, -0.1) is 0 Å². The van der Waals surface area contributed by atoms with E-state index in [2.05, 4.69) is 0 Å². The van der Waals surface area contributed by atoms with Crippen molar-refractivity contribution >= 4 is 5.97 Å². The van der Waals surface area contributed by atoms with Crippen molar-refractivity contribution in [1.82, 2.24) is 0 Å². The number of rotatable bonds is 6. The van der Waals surface area contributed by atoms with E-state index < -0.39 is 11.4 Å². The van der Waals surface area contributed by atoms with Crippen molar-refractivity contribution in [2.75, 3.05) is 20.3 Å². The Morgan fingerprint density at radius 3 is 2.88 bits per heavy atom. The van der Waals surface area contributed by atoms with E-state index in [0.717, 1.165) is 19.3 Å². The number of ether oxygens (including phenoxy) is 2. The second-order valence-corrected chi connectivity index (χ2v) is 4.94. The summed E-state index contributed by atoms with van der Waals surface area (Å²) in [7, 11) is 1.65. The maximum absolute atomic E-state index is 11.5. The highest BCUT2D eigenvalue weighted by molar-refractivity contribution is 5.76. The molecule has 2 aliphatic rings. The summed E-state index contributed by atoms with van der Waals surface area (Å²) in [6.07, 6.45) is 4.34. The van der Waals surface area contributed by atoms with Crippen molar-refractivity contribution in [2.45, 2.75) is 38.2 Å². The van der Waals surface area contributed by atoms with Crippen molar-refractivity contribution in [2.24, 2.45) is 11.3 Å². The minimum atomic E-state index is -0.682. The molecule has 2 atom stereocenters. The summed E-state index contributed by atoms with van der Waals surface area (Å²) in [5, 5.41) is 9.49. The van der Waals surface area contributed by atoms with Gasteiger partial charge < -0.3 is 14.6 Å². The summed E-state index contributed by atoms with van der Waals surface area (Å²) >= 11 is 0. The first kappa shape index (κ1) is 11.9. The molecular weight excluding hydrogens is 208 g/mol. The van der Waals surface area contributed by atoms with Crippen LogP contribution in [0.15, 0.2) is 0 Å². The van der Waals surface area contributed by atoms with E-state index in [9.17, 15) is 9.90 Å². The predicted octanol–water partition coefficient (Wildman–Crippen LogP) is 1.68. The molecule has 4 heteroatoms. The Bertz CT molecular complexity index is 262. The van der Waals surface area contributed by atoms with E-state index in [-0.39, 0.29) is 6.10 Å². The Balaban J connectivity index is 2.04. The third-order valence-electron chi connectivity index (χ3n) is 3.84. The molecule has 0 spiro atoms. The van der Waals surface area contributed by atoms with Gasteiger partial charge in [-0.05, 0) is 38.0 Å². The number of hydrogen-bond donors (Lipinski definition) is 1. The fourth-order valence-electron chi connectivity index (χ4n) is 2.79. The molecule has 1 heterocycles. The fourth-order valence-corrected chi connectivity index (χ4v) is 2.79. The molecular formula is C12H20O4. The molecule has 1 saturated carbocycles. The maximum atomic E-state index is 11.5. The standard InChI is InChI=1S/C12H20O4/c1-15-7-2-5-12(11(13)14)6-8-16-10(12)9-3-4-9/h9-10H,2-8H2,1H3,(H,13,14). The Labute approximate surface area is 95.9 Å². The van der Waals surface area contributed by atoms with E-state index in [1.807, 2.05) is 0 Å². The minimum Gasteiger partial charge on any atom is -0.481 e. The van der Waals surface area contributed by atoms with Gasteiger partial charge in [-0.25, -0.2) is 0 Å². The van der Waals surface area contributed by atoms with Gasteiger partial charge in [0, 0.05) is 20.3 Å². The van der Waals surface area contributed by atoms with Crippen LogP contribution in [0.25, 0.3) is 0 Å². The van der Waals surface area contributed by atoms with Gasteiger partial charge in [0.2, 0.25) is 0 Å². The van der Waals surface area contributed by atoms with Crippen LogP contribution in [-0.2, 0) is 14.3 Å². The lowest BCUT2D eigenvalue weighted by molar-refractivity contribution is -0.154.